The molecular formula is C18H15F3N4. The van der Waals surface area contributed by atoms with Gasteiger partial charge in [-0.2, -0.15) is 13.2 Å². The first-order chi connectivity index (χ1) is 12.0. The molecule has 0 saturated carbocycles. The third-order valence-corrected chi connectivity index (χ3v) is 3.68. The van der Waals surface area contributed by atoms with E-state index in [9.17, 15) is 13.2 Å². The van der Waals surface area contributed by atoms with E-state index in [1.165, 1.54) is 18.5 Å². The van der Waals surface area contributed by atoms with Gasteiger partial charge in [0, 0.05) is 24.1 Å². The number of hydrogen-bond donors (Lipinski definition) is 1. The summed E-state index contributed by atoms with van der Waals surface area (Å²) in [5.41, 5.74) is 7.20. The molecule has 0 spiro atoms. The summed E-state index contributed by atoms with van der Waals surface area (Å²) in [7, 11) is 0. The highest BCUT2D eigenvalue weighted by Gasteiger charge is 2.30. The Hall–Kier alpha value is -2.93. The van der Waals surface area contributed by atoms with Crippen molar-refractivity contribution in [3.8, 4) is 0 Å². The van der Waals surface area contributed by atoms with E-state index in [1.807, 2.05) is 24.3 Å². The average molecular weight is 344 g/mol. The summed E-state index contributed by atoms with van der Waals surface area (Å²) in [4.78, 5) is 9.85. The zero-order valence-electron chi connectivity index (χ0n) is 13.1. The van der Waals surface area contributed by atoms with Gasteiger partial charge < -0.3 is 5.73 Å². The van der Waals surface area contributed by atoms with Crippen molar-refractivity contribution in [2.75, 3.05) is 4.90 Å². The molecule has 128 valence electrons. The predicted octanol–water partition coefficient (Wildman–Crippen LogP) is 4.42. The highest BCUT2D eigenvalue weighted by atomic mass is 19.4. The standard InChI is InChI=1S/C18H15F3N4/c19-18(20,21)14-3-7-16(8-4-14)25(17-9-10-23-12-24-17)15-5-1-13(11-22)2-6-15/h1-10,12H,11,22H2. The first kappa shape index (κ1) is 16.9. The average Bonchev–Trinajstić information content (AvgIpc) is 2.63. The second kappa shape index (κ2) is 6.90. The van der Waals surface area contributed by atoms with E-state index < -0.39 is 11.7 Å². The summed E-state index contributed by atoms with van der Waals surface area (Å²) in [6, 6.07) is 14.1. The van der Waals surface area contributed by atoms with Crippen molar-refractivity contribution in [3.05, 3.63) is 78.2 Å². The number of halogens is 3. The zero-order valence-corrected chi connectivity index (χ0v) is 13.1. The molecule has 2 N–H and O–H groups in total. The fourth-order valence-corrected chi connectivity index (χ4v) is 2.41. The molecule has 0 radical (unpaired) electrons. The van der Waals surface area contributed by atoms with Crippen molar-refractivity contribution in [1.82, 2.24) is 9.97 Å². The first-order valence-corrected chi connectivity index (χ1v) is 7.51. The maximum Gasteiger partial charge on any atom is 0.416 e. The Labute approximate surface area is 142 Å². The van der Waals surface area contributed by atoms with Crippen LogP contribution in [-0.2, 0) is 12.7 Å². The molecule has 0 bridgehead atoms. The lowest BCUT2D eigenvalue weighted by Crippen LogP contribution is -2.12. The predicted molar refractivity (Wildman–Crippen MR) is 89.6 cm³/mol. The number of hydrogen-bond acceptors (Lipinski definition) is 4. The van der Waals surface area contributed by atoms with Crippen molar-refractivity contribution in [3.63, 3.8) is 0 Å². The Morgan fingerprint density at radius 3 is 1.96 bits per heavy atom. The van der Waals surface area contributed by atoms with Crippen LogP contribution in [0.25, 0.3) is 0 Å². The van der Waals surface area contributed by atoms with Gasteiger partial charge in [0.05, 0.1) is 5.56 Å². The number of alkyl halides is 3. The lowest BCUT2D eigenvalue weighted by molar-refractivity contribution is -0.137. The lowest BCUT2D eigenvalue weighted by atomic mass is 10.1. The molecule has 1 aromatic heterocycles. The van der Waals surface area contributed by atoms with Crippen LogP contribution in [0.3, 0.4) is 0 Å². The number of anilines is 3. The molecule has 2 aromatic carbocycles. The molecule has 3 rings (SSSR count). The summed E-state index contributed by atoms with van der Waals surface area (Å²) >= 11 is 0. The van der Waals surface area contributed by atoms with E-state index in [1.54, 1.807) is 17.2 Å². The van der Waals surface area contributed by atoms with Crippen LogP contribution in [0.1, 0.15) is 11.1 Å². The van der Waals surface area contributed by atoms with Crippen molar-refractivity contribution >= 4 is 17.2 Å². The monoisotopic (exact) mass is 344 g/mol. The van der Waals surface area contributed by atoms with E-state index in [4.69, 9.17) is 5.73 Å². The van der Waals surface area contributed by atoms with Gasteiger partial charge in [-0.3, -0.25) is 4.90 Å². The summed E-state index contributed by atoms with van der Waals surface area (Å²) < 4.78 is 38.4. The SMILES string of the molecule is NCc1ccc(N(c2ccc(C(F)(F)F)cc2)c2ccncn2)cc1. The van der Waals surface area contributed by atoms with Gasteiger partial charge in [0.2, 0.25) is 0 Å². The molecule has 1 heterocycles. The molecule has 25 heavy (non-hydrogen) atoms. The Balaban J connectivity index is 2.05. The largest absolute Gasteiger partial charge is 0.416 e. The fourth-order valence-electron chi connectivity index (χ4n) is 2.41. The fraction of sp³-hybridized carbons (Fsp3) is 0.111. The van der Waals surface area contributed by atoms with Crippen LogP contribution in [-0.4, -0.2) is 9.97 Å². The molecule has 0 atom stereocenters. The quantitative estimate of drug-likeness (QED) is 0.761. The van der Waals surface area contributed by atoms with Crippen molar-refractivity contribution in [2.24, 2.45) is 5.73 Å². The van der Waals surface area contributed by atoms with Gasteiger partial charge in [0.25, 0.3) is 0 Å². The highest BCUT2D eigenvalue weighted by Crippen LogP contribution is 2.35. The van der Waals surface area contributed by atoms with Crippen molar-refractivity contribution in [1.29, 1.82) is 0 Å². The van der Waals surface area contributed by atoms with Crippen molar-refractivity contribution < 1.29 is 13.2 Å². The summed E-state index contributed by atoms with van der Waals surface area (Å²) in [6.45, 7) is 0.411. The summed E-state index contributed by atoms with van der Waals surface area (Å²) in [6.07, 6.45) is -1.41. The van der Waals surface area contributed by atoms with E-state index in [2.05, 4.69) is 9.97 Å². The van der Waals surface area contributed by atoms with Gasteiger partial charge in [-0.1, -0.05) is 12.1 Å². The van der Waals surface area contributed by atoms with Crippen LogP contribution in [0.5, 0.6) is 0 Å². The molecule has 0 aliphatic heterocycles. The van der Waals surface area contributed by atoms with Crippen LogP contribution in [0.15, 0.2) is 67.1 Å². The van der Waals surface area contributed by atoms with E-state index in [0.29, 0.717) is 18.1 Å². The molecule has 0 fully saturated rings. The van der Waals surface area contributed by atoms with Gasteiger partial charge in [-0.25, -0.2) is 9.97 Å². The lowest BCUT2D eigenvalue weighted by Gasteiger charge is -2.24. The number of benzene rings is 2. The van der Waals surface area contributed by atoms with Crippen LogP contribution in [0.4, 0.5) is 30.4 Å². The molecule has 0 unspecified atom stereocenters. The first-order valence-electron chi connectivity index (χ1n) is 7.51. The smallest absolute Gasteiger partial charge is 0.326 e. The summed E-state index contributed by atoms with van der Waals surface area (Å²) in [5.74, 6) is 0.551. The molecule has 7 heteroatoms. The van der Waals surface area contributed by atoms with Crippen LogP contribution >= 0.6 is 0 Å². The van der Waals surface area contributed by atoms with E-state index >= 15 is 0 Å². The normalized spacial score (nSPS) is 11.4. The third kappa shape index (κ3) is 3.77. The number of aromatic nitrogens is 2. The Morgan fingerprint density at radius 1 is 0.880 bits per heavy atom. The molecule has 0 aliphatic carbocycles. The molecule has 0 aliphatic rings. The Bertz CT molecular complexity index is 816. The van der Waals surface area contributed by atoms with Gasteiger partial charge in [0.15, 0.2) is 0 Å². The highest BCUT2D eigenvalue weighted by molar-refractivity contribution is 5.74. The van der Waals surface area contributed by atoms with Gasteiger partial charge in [0.1, 0.15) is 12.1 Å². The number of rotatable bonds is 4. The van der Waals surface area contributed by atoms with E-state index in [0.717, 1.165) is 23.4 Å². The minimum absolute atomic E-state index is 0.411. The van der Waals surface area contributed by atoms with Crippen LogP contribution in [0.2, 0.25) is 0 Å². The number of nitrogens with zero attached hydrogens (tertiary/aromatic N) is 3. The molecule has 4 nitrogen and oxygen atoms in total. The maximum atomic E-state index is 12.8. The topological polar surface area (TPSA) is 55.0 Å². The van der Waals surface area contributed by atoms with Gasteiger partial charge in [-0.15, -0.1) is 0 Å². The maximum absolute atomic E-state index is 12.8. The summed E-state index contributed by atoms with van der Waals surface area (Å²) in [5, 5.41) is 0. The third-order valence-electron chi connectivity index (χ3n) is 3.68. The Kier molecular flexibility index (Phi) is 4.67. The van der Waals surface area contributed by atoms with Gasteiger partial charge in [-0.05, 0) is 48.0 Å². The van der Waals surface area contributed by atoms with Crippen molar-refractivity contribution in [2.45, 2.75) is 12.7 Å². The second-order valence-corrected chi connectivity index (χ2v) is 5.32. The number of nitrogens with two attached hydrogens (primary N) is 1. The van der Waals surface area contributed by atoms with Crippen LogP contribution < -0.4 is 10.6 Å². The molecular weight excluding hydrogens is 329 g/mol. The second-order valence-electron chi connectivity index (χ2n) is 5.32. The van der Waals surface area contributed by atoms with Gasteiger partial charge >= 0.3 is 6.18 Å². The minimum Gasteiger partial charge on any atom is -0.326 e. The molecule has 3 aromatic rings. The van der Waals surface area contributed by atoms with E-state index in [-0.39, 0.29) is 0 Å². The van der Waals surface area contributed by atoms with Crippen LogP contribution in [0, 0.1) is 0 Å². The Morgan fingerprint density at radius 2 is 1.48 bits per heavy atom. The molecule has 0 amide bonds. The molecule has 0 saturated heterocycles. The minimum atomic E-state index is -4.37. The zero-order chi connectivity index (χ0) is 17.9.